The molecule has 0 saturated carbocycles. The maximum absolute atomic E-state index is 5.37. The smallest absolute Gasteiger partial charge is 0.194 e. The van der Waals surface area contributed by atoms with Crippen LogP contribution in [0.5, 0.6) is 11.5 Å². The van der Waals surface area contributed by atoms with Gasteiger partial charge in [-0.05, 0) is 43.2 Å². The van der Waals surface area contributed by atoms with Crippen LogP contribution in [-0.2, 0) is 20.0 Å². The number of benzene rings is 1. The summed E-state index contributed by atoms with van der Waals surface area (Å²) < 4.78 is 12.8. The highest BCUT2D eigenvalue weighted by Gasteiger charge is 2.09. The van der Waals surface area contributed by atoms with Crippen LogP contribution < -0.4 is 14.8 Å². The third-order valence-corrected chi connectivity index (χ3v) is 4.26. The fraction of sp³-hybridized carbons (Fsp3) is 0.450. The van der Waals surface area contributed by atoms with Crippen LogP contribution in [0, 0.1) is 0 Å². The van der Waals surface area contributed by atoms with Gasteiger partial charge in [-0.1, -0.05) is 6.07 Å². The number of ether oxygens (including phenoxy) is 2. The van der Waals surface area contributed by atoms with E-state index in [0.717, 1.165) is 37.0 Å². The number of nitrogens with one attached hydrogen (secondary N) is 1. The molecule has 0 fully saturated rings. The van der Waals surface area contributed by atoms with Gasteiger partial charge in [-0.15, -0.1) is 0 Å². The molecule has 1 heterocycles. The Morgan fingerprint density at radius 1 is 1.19 bits per heavy atom. The summed E-state index contributed by atoms with van der Waals surface area (Å²) in [6.07, 6.45) is 2.90. The molecule has 1 aromatic carbocycles. The van der Waals surface area contributed by atoms with E-state index in [9.17, 15) is 0 Å². The summed E-state index contributed by atoms with van der Waals surface area (Å²) in [7, 11) is 7.42. The molecule has 0 unspecified atom stereocenters. The first-order chi connectivity index (χ1) is 12.6. The highest BCUT2D eigenvalue weighted by atomic mass is 16.5. The molecule has 0 radical (unpaired) electrons. The van der Waals surface area contributed by atoms with E-state index in [-0.39, 0.29) is 0 Å². The van der Waals surface area contributed by atoms with Crippen LogP contribution in [-0.4, -0.2) is 49.8 Å². The van der Waals surface area contributed by atoms with Gasteiger partial charge >= 0.3 is 0 Å². The molecule has 0 atom stereocenters. The molecule has 142 valence electrons. The third-order valence-electron chi connectivity index (χ3n) is 4.26. The van der Waals surface area contributed by atoms with Crippen molar-refractivity contribution in [2.45, 2.75) is 19.9 Å². The summed E-state index contributed by atoms with van der Waals surface area (Å²) in [5, 5.41) is 3.36. The summed E-state index contributed by atoms with van der Waals surface area (Å²) in [6, 6.07) is 10.2. The quantitative estimate of drug-likeness (QED) is 0.582. The van der Waals surface area contributed by atoms with Crippen molar-refractivity contribution < 1.29 is 9.47 Å². The average molecular weight is 358 g/mol. The van der Waals surface area contributed by atoms with Gasteiger partial charge in [0, 0.05) is 39.1 Å². The van der Waals surface area contributed by atoms with Crippen LogP contribution in [0.15, 0.2) is 41.5 Å². The lowest BCUT2D eigenvalue weighted by Gasteiger charge is -2.22. The zero-order valence-corrected chi connectivity index (χ0v) is 16.5. The Morgan fingerprint density at radius 3 is 2.58 bits per heavy atom. The summed E-state index contributed by atoms with van der Waals surface area (Å²) in [6.45, 7) is 4.44. The van der Waals surface area contributed by atoms with Crippen LogP contribution in [0.1, 0.15) is 18.2 Å². The van der Waals surface area contributed by atoms with Gasteiger partial charge < -0.3 is 24.3 Å². The summed E-state index contributed by atoms with van der Waals surface area (Å²) in [4.78, 5) is 6.91. The van der Waals surface area contributed by atoms with Crippen molar-refractivity contribution >= 4 is 5.96 Å². The molecule has 26 heavy (non-hydrogen) atoms. The van der Waals surface area contributed by atoms with E-state index in [4.69, 9.17) is 14.5 Å². The van der Waals surface area contributed by atoms with Gasteiger partial charge in [0.05, 0.1) is 20.8 Å². The molecule has 0 amide bonds. The Labute approximate surface area is 156 Å². The zero-order valence-electron chi connectivity index (χ0n) is 16.5. The molecular weight excluding hydrogens is 328 g/mol. The zero-order chi connectivity index (χ0) is 18.9. The van der Waals surface area contributed by atoms with Crippen LogP contribution in [0.4, 0.5) is 0 Å². The van der Waals surface area contributed by atoms with Crippen LogP contribution in [0.3, 0.4) is 0 Å². The first kappa shape index (κ1) is 19.7. The van der Waals surface area contributed by atoms with E-state index in [1.807, 2.05) is 12.1 Å². The van der Waals surface area contributed by atoms with Gasteiger partial charge in [0.2, 0.25) is 0 Å². The molecule has 1 aromatic heterocycles. The van der Waals surface area contributed by atoms with E-state index in [2.05, 4.69) is 60.2 Å². The number of rotatable bonds is 8. The Hall–Kier alpha value is -2.63. The largest absolute Gasteiger partial charge is 0.493 e. The molecule has 0 aliphatic heterocycles. The van der Waals surface area contributed by atoms with Gasteiger partial charge in [-0.2, -0.15) is 0 Å². The molecule has 0 aliphatic carbocycles. The topological polar surface area (TPSA) is 51.0 Å². The second kappa shape index (κ2) is 9.75. The van der Waals surface area contributed by atoms with Crippen molar-refractivity contribution in [2.75, 3.05) is 34.4 Å². The summed E-state index contributed by atoms with van der Waals surface area (Å²) in [5.41, 5.74) is 2.42. The van der Waals surface area contributed by atoms with E-state index in [1.165, 1.54) is 11.3 Å². The predicted molar refractivity (Wildman–Crippen MR) is 106 cm³/mol. The number of hydrogen-bond acceptors (Lipinski definition) is 3. The summed E-state index contributed by atoms with van der Waals surface area (Å²) >= 11 is 0. The highest BCUT2D eigenvalue weighted by Crippen LogP contribution is 2.27. The number of aryl methyl sites for hydroxylation is 1. The SMILES string of the molecule is CCNC(=NCCc1ccc(OC)c(OC)c1)N(C)Cc1cccn1C. The summed E-state index contributed by atoms with van der Waals surface area (Å²) in [5.74, 6) is 2.41. The van der Waals surface area contributed by atoms with Crippen LogP contribution in [0.25, 0.3) is 0 Å². The molecule has 0 bridgehead atoms. The van der Waals surface area contributed by atoms with Gasteiger partial charge in [0.25, 0.3) is 0 Å². The van der Waals surface area contributed by atoms with Gasteiger partial charge in [-0.25, -0.2) is 0 Å². The lowest BCUT2D eigenvalue weighted by atomic mass is 10.1. The average Bonchev–Trinajstić information content (AvgIpc) is 3.05. The maximum atomic E-state index is 5.37. The molecule has 0 saturated heterocycles. The molecule has 6 heteroatoms. The van der Waals surface area contributed by atoms with E-state index < -0.39 is 0 Å². The van der Waals surface area contributed by atoms with Crippen molar-refractivity contribution in [1.82, 2.24) is 14.8 Å². The van der Waals surface area contributed by atoms with E-state index >= 15 is 0 Å². The fourth-order valence-electron chi connectivity index (χ4n) is 2.78. The third kappa shape index (κ3) is 5.18. The van der Waals surface area contributed by atoms with Crippen molar-refractivity contribution in [1.29, 1.82) is 0 Å². The molecule has 1 N–H and O–H groups in total. The van der Waals surface area contributed by atoms with Crippen molar-refractivity contribution in [2.24, 2.45) is 12.0 Å². The molecular formula is C20H30N4O2. The highest BCUT2D eigenvalue weighted by molar-refractivity contribution is 5.79. The van der Waals surface area contributed by atoms with Crippen LogP contribution >= 0.6 is 0 Å². The monoisotopic (exact) mass is 358 g/mol. The van der Waals surface area contributed by atoms with Gasteiger partial charge in [0.1, 0.15) is 0 Å². The molecule has 6 nitrogen and oxygen atoms in total. The van der Waals surface area contributed by atoms with Crippen molar-refractivity contribution in [3.63, 3.8) is 0 Å². The normalized spacial score (nSPS) is 11.3. The fourth-order valence-corrected chi connectivity index (χ4v) is 2.78. The first-order valence-electron chi connectivity index (χ1n) is 8.89. The van der Waals surface area contributed by atoms with E-state index in [0.29, 0.717) is 6.54 Å². The van der Waals surface area contributed by atoms with E-state index in [1.54, 1.807) is 14.2 Å². The van der Waals surface area contributed by atoms with Crippen molar-refractivity contribution in [3.8, 4) is 11.5 Å². The lowest BCUT2D eigenvalue weighted by molar-refractivity contribution is 0.354. The number of aliphatic imine (C=N–C) groups is 1. The Morgan fingerprint density at radius 2 is 1.96 bits per heavy atom. The minimum atomic E-state index is 0.704. The molecule has 0 spiro atoms. The number of hydrogen-bond donors (Lipinski definition) is 1. The molecule has 0 aliphatic rings. The standard InChI is InChI=1S/C20H30N4O2/c1-6-21-20(24(3)15-17-8-7-13-23(17)2)22-12-11-16-9-10-18(25-4)19(14-16)26-5/h7-10,13-14H,6,11-12,15H2,1-5H3,(H,21,22). The van der Waals surface area contributed by atoms with Crippen LogP contribution in [0.2, 0.25) is 0 Å². The Kier molecular flexibility index (Phi) is 7.38. The van der Waals surface area contributed by atoms with Crippen molar-refractivity contribution in [3.05, 3.63) is 47.8 Å². The Balaban J connectivity index is 2.01. The number of methoxy groups -OCH3 is 2. The number of guanidine groups is 1. The van der Waals surface area contributed by atoms with Gasteiger partial charge in [0.15, 0.2) is 17.5 Å². The van der Waals surface area contributed by atoms with Gasteiger partial charge in [-0.3, -0.25) is 4.99 Å². The minimum absolute atomic E-state index is 0.704. The lowest BCUT2D eigenvalue weighted by Crippen LogP contribution is -2.39. The molecule has 2 aromatic rings. The number of aromatic nitrogens is 1. The second-order valence-electron chi connectivity index (χ2n) is 6.14. The predicted octanol–water partition coefficient (Wildman–Crippen LogP) is 2.68. The minimum Gasteiger partial charge on any atom is -0.493 e. The molecule has 2 rings (SSSR count). The first-order valence-corrected chi connectivity index (χ1v) is 8.89. The Bertz CT molecular complexity index is 724. The second-order valence-corrected chi connectivity index (χ2v) is 6.14. The maximum Gasteiger partial charge on any atom is 0.194 e. The number of nitrogens with zero attached hydrogens (tertiary/aromatic N) is 3.